The molecule has 0 fully saturated rings. The van der Waals surface area contributed by atoms with E-state index in [0.29, 0.717) is 18.3 Å². The second kappa shape index (κ2) is 8.18. The molecular formula is C14H24IN3O2. The first kappa shape index (κ1) is 18.8. The summed E-state index contributed by atoms with van der Waals surface area (Å²) in [5.41, 5.74) is 0.689. The van der Waals surface area contributed by atoms with Gasteiger partial charge in [0.15, 0.2) is 5.96 Å². The van der Waals surface area contributed by atoms with Crippen molar-refractivity contribution in [1.82, 2.24) is 10.6 Å². The molecule has 3 N–H and O–H groups in total. The maximum absolute atomic E-state index is 9.79. The van der Waals surface area contributed by atoms with Crippen LogP contribution in [-0.2, 0) is 6.54 Å². The predicted molar refractivity (Wildman–Crippen MR) is 93.2 cm³/mol. The molecule has 0 aliphatic heterocycles. The van der Waals surface area contributed by atoms with Gasteiger partial charge in [0.1, 0.15) is 11.5 Å². The van der Waals surface area contributed by atoms with E-state index in [9.17, 15) is 5.11 Å². The number of methoxy groups -OCH3 is 1. The van der Waals surface area contributed by atoms with Crippen molar-refractivity contribution < 1.29 is 9.84 Å². The van der Waals surface area contributed by atoms with Crippen molar-refractivity contribution >= 4 is 29.9 Å². The number of guanidine groups is 1. The molecule has 0 aliphatic rings. The van der Waals surface area contributed by atoms with E-state index in [1.165, 1.54) is 0 Å². The topological polar surface area (TPSA) is 65.9 Å². The van der Waals surface area contributed by atoms with Crippen molar-refractivity contribution in [3.8, 4) is 11.5 Å². The fourth-order valence-electron chi connectivity index (χ4n) is 1.54. The molecule has 1 rings (SSSR count). The number of benzene rings is 1. The zero-order valence-corrected chi connectivity index (χ0v) is 15.0. The Balaban J connectivity index is 0.00000361. The lowest BCUT2D eigenvalue weighted by atomic mass is 10.1. The summed E-state index contributed by atoms with van der Waals surface area (Å²) >= 11 is 0. The summed E-state index contributed by atoms with van der Waals surface area (Å²) in [4.78, 5) is 4.14. The van der Waals surface area contributed by atoms with Gasteiger partial charge in [-0.05, 0) is 39.0 Å². The van der Waals surface area contributed by atoms with Crippen LogP contribution in [0, 0.1) is 0 Å². The van der Waals surface area contributed by atoms with Crippen LogP contribution in [0.5, 0.6) is 11.5 Å². The molecule has 0 aliphatic carbocycles. The molecule has 1 aromatic rings. The fraction of sp³-hybridized carbons (Fsp3) is 0.500. The zero-order valence-electron chi connectivity index (χ0n) is 12.7. The maximum atomic E-state index is 9.79. The Bertz CT molecular complexity index is 456. The Hall–Kier alpha value is -1.18. The smallest absolute Gasteiger partial charge is 0.191 e. The van der Waals surface area contributed by atoms with Crippen molar-refractivity contribution in [2.75, 3.05) is 14.2 Å². The maximum Gasteiger partial charge on any atom is 0.191 e. The van der Waals surface area contributed by atoms with Gasteiger partial charge in [-0.3, -0.25) is 4.99 Å². The highest BCUT2D eigenvalue weighted by Crippen LogP contribution is 2.22. The summed E-state index contributed by atoms with van der Waals surface area (Å²) in [6.07, 6.45) is 0. The number of aromatic hydroxyl groups is 1. The van der Waals surface area contributed by atoms with E-state index < -0.39 is 0 Å². The van der Waals surface area contributed by atoms with Gasteiger partial charge >= 0.3 is 0 Å². The van der Waals surface area contributed by atoms with Gasteiger partial charge in [0.05, 0.1) is 7.11 Å². The highest BCUT2D eigenvalue weighted by molar-refractivity contribution is 14.0. The Morgan fingerprint density at radius 1 is 1.35 bits per heavy atom. The van der Waals surface area contributed by atoms with Crippen LogP contribution in [0.25, 0.3) is 0 Å². The monoisotopic (exact) mass is 393 g/mol. The van der Waals surface area contributed by atoms with Crippen LogP contribution in [0.3, 0.4) is 0 Å². The first-order chi connectivity index (χ1) is 8.85. The van der Waals surface area contributed by atoms with Gasteiger partial charge in [-0.25, -0.2) is 0 Å². The molecule has 0 saturated heterocycles. The molecule has 1 aromatic carbocycles. The molecule has 0 bridgehead atoms. The van der Waals surface area contributed by atoms with Crippen molar-refractivity contribution in [2.45, 2.75) is 32.9 Å². The minimum Gasteiger partial charge on any atom is -0.508 e. The van der Waals surface area contributed by atoms with Crippen LogP contribution >= 0.6 is 24.0 Å². The lowest BCUT2D eigenvalue weighted by Gasteiger charge is -2.23. The average molecular weight is 393 g/mol. The van der Waals surface area contributed by atoms with Crippen LogP contribution in [0.2, 0.25) is 0 Å². The summed E-state index contributed by atoms with van der Waals surface area (Å²) in [6, 6.07) is 5.14. The number of phenolic OH excluding ortho intramolecular Hbond substituents is 1. The Morgan fingerprint density at radius 3 is 2.50 bits per heavy atom. The minimum absolute atomic E-state index is 0. The summed E-state index contributed by atoms with van der Waals surface area (Å²) in [5, 5.41) is 16.2. The van der Waals surface area contributed by atoms with Crippen molar-refractivity contribution in [1.29, 1.82) is 0 Å². The molecule has 0 spiro atoms. The number of phenols is 1. The summed E-state index contributed by atoms with van der Waals surface area (Å²) in [6.45, 7) is 6.65. The number of hydrogen-bond donors (Lipinski definition) is 3. The lowest BCUT2D eigenvalue weighted by molar-refractivity contribution is 0.410. The molecule has 5 nitrogen and oxygen atoms in total. The second-order valence-corrected chi connectivity index (χ2v) is 5.30. The van der Waals surface area contributed by atoms with E-state index in [-0.39, 0.29) is 35.3 Å². The van der Waals surface area contributed by atoms with E-state index in [0.717, 1.165) is 5.56 Å². The molecule has 0 amide bonds. The molecular weight excluding hydrogens is 369 g/mol. The van der Waals surface area contributed by atoms with Crippen molar-refractivity contribution in [3.05, 3.63) is 23.8 Å². The van der Waals surface area contributed by atoms with E-state index in [4.69, 9.17) is 4.74 Å². The van der Waals surface area contributed by atoms with Gasteiger partial charge in [-0.2, -0.15) is 0 Å². The van der Waals surface area contributed by atoms with E-state index >= 15 is 0 Å². The highest BCUT2D eigenvalue weighted by atomic mass is 127. The SMILES string of the molecule is CN=C(NCc1cc(OC)ccc1O)NC(C)(C)C.I. The Kier molecular flexibility index (Phi) is 7.70. The molecule has 114 valence electrons. The summed E-state index contributed by atoms with van der Waals surface area (Å²) < 4.78 is 5.14. The van der Waals surface area contributed by atoms with Crippen LogP contribution in [0.15, 0.2) is 23.2 Å². The molecule has 0 radical (unpaired) electrons. The number of aliphatic imine (C=N–C) groups is 1. The number of ether oxygens (including phenoxy) is 1. The number of nitrogens with one attached hydrogen (secondary N) is 2. The molecule has 0 unspecified atom stereocenters. The van der Waals surface area contributed by atoms with Gasteiger partial charge in [-0.1, -0.05) is 0 Å². The van der Waals surface area contributed by atoms with E-state index in [1.807, 2.05) is 0 Å². The van der Waals surface area contributed by atoms with Crippen molar-refractivity contribution in [3.63, 3.8) is 0 Å². The largest absolute Gasteiger partial charge is 0.508 e. The first-order valence-corrected chi connectivity index (χ1v) is 6.20. The quantitative estimate of drug-likeness (QED) is 0.420. The van der Waals surface area contributed by atoms with Gasteiger partial charge in [0, 0.05) is 24.7 Å². The molecule has 0 aromatic heterocycles. The number of halogens is 1. The number of rotatable bonds is 3. The minimum atomic E-state index is -0.0712. The van der Waals surface area contributed by atoms with Crippen LogP contribution < -0.4 is 15.4 Å². The van der Waals surface area contributed by atoms with Gasteiger partial charge in [-0.15, -0.1) is 24.0 Å². The highest BCUT2D eigenvalue weighted by Gasteiger charge is 2.12. The number of hydrogen-bond acceptors (Lipinski definition) is 3. The van der Waals surface area contributed by atoms with Crippen LogP contribution in [-0.4, -0.2) is 30.8 Å². The molecule has 0 atom stereocenters. The van der Waals surface area contributed by atoms with Gasteiger partial charge in [0.2, 0.25) is 0 Å². The molecule has 0 saturated carbocycles. The average Bonchev–Trinajstić information content (AvgIpc) is 2.34. The van der Waals surface area contributed by atoms with E-state index in [2.05, 4.69) is 36.4 Å². The third kappa shape index (κ3) is 6.31. The molecule has 20 heavy (non-hydrogen) atoms. The van der Waals surface area contributed by atoms with Crippen molar-refractivity contribution in [2.24, 2.45) is 4.99 Å². The van der Waals surface area contributed by atoms with Gasteiger partial charge < -0.3 is 20.5 Å². The predicted octanol–water partition coefficient (Wildman–Crippen LogP) is 2.48. The fourth-order valence-corrected chi connectivity index (χ4v) is 1.54. The van der Waals surface area contributed by atoms with E-state index in [1.54, 1.807) is 32.4 Å². The third-order valence-electron chi connectivity index (χ3n) is 2.45. The summed E-state index contributed by atoms with van der Waals surface area (Å²) in [7, 11) is 3.32. The van der Waals surface area contributed by atoms with Crippen LogP contribution in [0.4, 0.5) is 0 Å². The zero-order chi connectivity index (χ0) is 14.5. The Labute approximate surface area is 137 Å². The second-order valence-electron chi connectivity index (χ2n) is 5.30. The summed E-state index contributed by atoms with van der Waals surface area (Å²) in [5.74, 6) is 1.64. The number of nitrogens with zero attached hydrogens (tertiary/aromatic N) is 1. The van der Waals surface area contributed by atoms with Crippen LogP contribution in [0.1, 0.15) is 26.3 Å². The first-order valence-electron chi connectivity index (χ1n) is 6.20. The molecule has 0 heterocycles. The van der Waals surface area contributed by atoms with Gasteiger partial charge in [0.25, 0.3) is 0 Å². The Morgan fingerprint density at radius 2 is 2.00 bits per heavy atom. The normalized spacial score (nSPS) is 11.6. The molecule has 6 heteroatoms. The lowest BCUT2D eigenvalue weighted by Crippen LogP contribution is -2.47. The third-order valence-corrected chi connectivity index (χ3v) is 2.45. The standard InChI is InChI=1S/C14H23N3O2.HI/c1-14(2,3)17-13(15-4)16-9-10-8-11(19-5)6-7-12(10)18;/h6-8,18H,9H2,1-5H3,(H2,15,16,17);1H.